The summed E-state index contributed by atoms with van der Waals surface area (Å²) in [7, 11) is 0. The largest absolute Gasteiger partial charge is 0.417 e. The quantitative estimate of drug-likeness (QED) is 0.784. The number of nitrogens with one attached hydrogen (secondary N) is 1. The molecule has 0 spiro atoms. The summed E-state index contributed by atoms with van der Waals surface area (Å²) in [4.78, 5) is 16.2. The van der Waals surface area contributed by atoms with E-state index in [0.29, 0.717) is 29.3 Å². The minimum atomic E-state index is -4.40. The summed E-state index contributed by atoms with van der Waals surface area (Å²) in [6.07, 6.45) is -0.0722. The van der Waals surface area contributed by atoms with Gasteiger partial charge in [0.25, 0.3) is 5.91 Å². The van der Waals surface area contributed by atoms with E-state index in [4.69, 9.17) is 0 Å². The molecule has 0 aliphatic heterocycles. The molecule has 3 nitrogen and oxygen atoms in total. The third-order valence-electron chi connectivity index (χ3n) is 5.52. The van der Waals surface area contributed by atoms with E-state index in [9.17, 15) is 18.0 Å². The number of aromatic nitrogens is 1. The van der Waals surface area contributed by atoms with Crippen molar-refractivity contribution in [2.45, 2.75) is 39.3 Å². The monoisotopic (exact) mass is 376 g/mol. The molecule has 0 bridgehead atoms. The van der Waals surface area contributed by atoms with E-state index in [-0.39, 0.29) is 11.3 Å². The molecular weight excluding hydrogens is 353 g/mol. The molecule has 3 rings (SSSR count). The molecule has 1 aromatic carbocycles. The van der Waals surface area contributed by atoms with Gasteiger partial charge in [-0.15, -0.1) is 0 Å². The standard InChI is InChI=1S/C21H23F3N2O/c1-20(2)11-3-4-16(20)12-26-19(27)15-7-5-14(6-8-15)18-10-9-17(13-25-18)21(22,23)24/h5-10,13,16H,3-4,11-12H2,1-2H3,(H,26,27). The Kier molecular flexibility index (Phi) is 5.27. The maximum absolute atomic E-state index is 12.6. The van der Waals surface area contributed by atoms with Gasteiger partial charge in [0.05, 0.1) is 11.3 Å². The molecule has 1 aliphatic carbocycles. The van der Waals surface area contributed by atoms with Crippen molar-refractivity contribution in [1.82, 2.24) is 10.3 Å². The number of benzene rings is 1. The van der Waals surface area contributed by atoms with Gasteiger partial charge in [-0.1, -0.05) is 32.4 Å². The SMILES string of the molecule is CC1(C)CCCC1CNC(=O)c1ccc(-c2ccc(C(F)(F)F)cn2)cc1. The molecule has 2 aromatic rings. The van der Waals surface area contributed by atoms with Crippen LogP contribution in [0.2, 0.25) is 0 Å². The third kappa shape index (κ3) is 4.49. The fourth-order valence-corrected chi connectivity index (χ4v) is 3.62. The first-order valence-corrected chi connectivity index (χ1v) is 9.09. The summed E-state index contributed by atoms with van der Waals surface area (Å²) >= 11 is 0. The molecule has 6 heteroatoms. The van der Waals surface area contributed by atoms with Crippen LogP contribution in [-0.2, 0) is 6.18 Å². The number of alkyl halides is 3. The van der Waals surface area contributed by atoms with E-state index in [1.165, 1.54) is 18.9 Å². The zero-order valence-electron chi connectivity index (χ0n) is 15.4. The molecule has 0 saturated heterocycles. The smallest absolute Gasteiger partial charge is 0.352 e. The van der Waals surface area contributed by atoms with E-state index >= 15 is 0 Å². The number of halogens is 3. The molecule has 1 fully saturated rings. The van der Waals surface area contributed by atoms with E-state index in [0.717, 1.165) is 18.7 Å². The van der Waals surface area contributed by atoms with Crippen LogP contribution in [0.3, 0.4) is 0 Å². The first-order chi connectivity index (χ1) is 12.7. The molecule has 1 heterocycles. The lowest BCUT2D eigenvalue weighted by atomic mass is 9.82. The summed E-state index contributed by atoms with van der Waals surface area (Å²) in [6, 6.07) is 9.08. The van der Waals surface area contributed by atoms with Crippen LogP contribution in [0.5, 0.6) is 0 Å². The van der Waals surface area contributed by atoms with Crippen molar-refractivity contribution in [3.8, 4) is 11.3 Å². The second kappa shape index (κ2) is 7.33. The van der Waals surface area contributed by atoms with Crippen LogP contribution in [0.1, 0.15) is 49.0 Å². The minimum absolute atomic E-state index is 0.135. The molecule has 1 saturated carbocycles. The highest BCUT2D eigenvalue weighted by atomic mass is 19.4. The van der Waals surface area contributed by atoms with E-state index in [1.807, 2.05) is 0 Å². The molecule has 0 radical (unpaired) electrons. The second-order valence-corrected chi connectivity index (χ2v) is 7.79. The van der Waals surface area contributed by atoms with Crippen LogP contribution >= 0.6 is 0 Å². The van der Waals surface area contributed by atoms with Crippen molar-refractivity contribution >= 4 is 5.91 Å². The van der Waals surface area contributed by atoms with Crippen molar-refractivity contribution in [3.05, 3.63) is 53.7 Å². The highest BCUT2D eigenvalue weighted by Gasteiger charge is 2.34. The molecule has 1 amide bonds. The number of carbonyl (C=O) groups excluding carboxylic acids is 1. The lowest BCUT2D eigenvalue weighted by Crippen LogP contribution is -2.33. The van der Waals surface area contributed by atoms with Crippen molar-refractivity contribution in [2.75, 3.05) is 6.54 Å². The minimum Gasteiger partial charge on any atom is -0.352 e. The number of carbonyl (C=O) groups is 1. The fraction of sp³-hybridized carbons (Fsp3) is 0.429. The Balaban J connectivity index is 1.63. The summed E-state index contributed by atoms with van der Waals surface area (Å²) in [5, 5.41) is 3.00. The normalized spacial score (nSPS) is 19.1. The zero-order valence-corrected chi connectivity index (χ0v) is 15.4. The topological polar surface area (TPSA) is 42.0 Å². The first-order valence-electron chi connectivity index (χ1n) is 9.09. The molecule has 1 N–H and O–H groups in total. The maximum atomic E-state index is 12.6. The number of hydrogen-bond acceptors (Lipinski definition) is 2. The lowest BCUT2D eigenvalue weighted by Gasteiger charge is -2.27. The predicted molar refractivity (Wildman–Crippen MR) is 98.1 cm³/mol. The van der Waals surface area contributed by atoms with E-state index in [1.54, 1.807) is 24.3 Å². The number of amides is 1. The molecule has 144 valence electrons. The molecule has 1 unspecified atom stereocenters. The fourth-order valence-electron chi connectivity index (χ4n) is 3.62. The predicted octanol–water partition coefficient (Wildman–Crippen LogP) is 5.32. The van der Waals surface area contributed by atoms with Crippen molar-refractivity contribution in [2.24, 2.45) is 11.3 Å². The highest BCUT2D eigenvalue weighted by Crippen LogP contribution is 2.42. The van der Waals surface area contributed by atoms with Crippen LogP contribution in [-0.4, -0.2) is 17.4 Å². The summed E-state index contributed by atoms with van der Waals surface area (Å²) in [5.41, 5.74) is 1.10. The summed E-state index contributed by atoms with van der Waals surface area (Å²) < 4.78 is 37.8. The van der Waals surface area contributed by atoms with Crippen LogP contribution in [0.25, 0.3) is 11.3 Å². The molecule has 1 atom stereocenters. The Morgan fingerprint density at radius 3 is 2.41 bits per heavy atom. The van der Waals surface area contributed by atoms with Crippen LogP contribution in [0.15, 0.2) is 42.6 Å². The summed E-state index contributed by atoms with van der Waals surface area (Å²) in [5.74, 6) is 0.349. The molecule has 27 heavy (non-hydrogen) atoms. The van der Waals surface area contributed by atoms with Crippen molar-refractivity contribution in [3.63, 3.8) is 0 Å². The van der Waals surface area contributed by atoms with Crippen molar-refractivity contribution < 1.29 is 18.0 Å². The number of rotatable bonds is 4. The molecular formula is C21H23F3N2O. The average Bonchev–Trinajstić information content (AvgIpc) is 2.97. The Hall–Kier alpha value is -2.37. The van der Waals surface area contributed by atoms with Crippen LogP contribution < -0.4 is 5.32 Å². The number of pyridine rings is 1. The van der Waals surface area contributed by atoms with Gasteiger partial charge >= 0.3 is 6.18 Å². The average molecular weight is 376 g/mol. The van der Waals surface area contributed by atoms with Gasteiger partial charge in [-0.2, -0.15) is 13.2 Å². The Morgan fingerprint density at radius 1 is 1.19 bits per heavy atom. The van der Waals surface area contributed by atoms with E-state index < -0.39 is 11.7 Å². The Morgan fingerprint density at radius 2 is 1.89 bits per heavy atom. The van der Waals surface area contributed by atoms with E-state index in [2.05, 4.69) is 24.1 Å². The van der Waals surface area contributed by atoms with Crippen LogP contribution in [0.4, 0.5) is 13.2 Å². The lowest BCUT2D eigenvalue weighted by molar-refractivity contribution is -0.137. The molecule has 1 aliphatic rings. The number of nitrogens with zero attached hydrogens (tertiary/aromatic N) is 1. The van der Waals surface area contributed by atoms with Gasteiger partial charge in [0.1, 0.15) is 0 Å². The Bertz CT molecular complexity index is 796. The third-order valence-corrected chi connectivity index (χ3v) is 5.52. The van der Waals surface area contributed by atoms with Gasteiger partial charge in [-0.3, -0.25) is 9.78 Å². The second-order valence-electron chi connectivity index (χ2n) is 7.79. The zero-order chi connectivity index (χ0) is 19.7. The maximum Gasteiger partial charge on any atom is 0.417 e. The molecule has 1 aromatic heterocycles. The van der Waals surface area contributed by atoms with Crippen molar-refractivity contribution in [1.29, 1.82) is 0 Å². The number of hydrogen-bond donors (Lipinski definition) is 1. The first kappa shape index (κ1) is 19.4. The Labute approximate surface area is 157 Å². The van der Waals surface area contributed by atoms with Crippen LogP contribution in [0, 0.1) is 11.3 Å². The van der Waals surface area contributed by atoms with Gasteiger partial charge in [-0.05, 0) is 48.4 Å². The highest BCUT2D eigenvalue weighted by molar-refractivity contribution is 5.94. The van der Waals surface area contributed by atoms with Gasteiger partial charge in [0.15, 0.2) is 0 Å². The van der Waals surface area contributed by atoms with Gasteiger partial charge < -0.3 is 5.32 Å². The summed E-state index contributed by atoms with van der Waals surface area (Å²) in [6.45, 7) is 5.14. The van der Waals surface area contributed by atoms with Gasteiger partial charge in [0.2, 0.25) is 0 Å². The van der Waals surface area contributed by atoms with Gasteiger partial charge in [-0.25, -0.2) is 0 Å². The van der Waals surface area contributed by atoms with Gasteiger partial charge in [0, 0.05) is 23.9 Å².